The fourth-order valence-corrected chi connectivity index (χ4v) is 1.59. The highest BCUT2D eigenvalue weighted by Gasteiger charge is 2.15. The van der Waals surface area contributed by atoms with Crippen LogP contribution in [0.3, 0.4) is 0 Å². The molecule has 0 saturated heterocycles. The molecule has 0 amide bonds. The second kappa shape index (κ2) is 6.44. The summed E-state index contributed by atoms with van der Waals surface area (Å²) in [6, 6.07) is 1.47. The van der Waals surface area contributed by atoms with Crippen molar-refractivity contribution in [1.82, 2.24) is 4.98 Å². The van der Waals surface area contributed by atoms with Gasteiger partial charge in [-0.2, -0.15) is 0 Å². The number of carbonyl (C=O) groups excluding carboxylic acids is 1. The quantitative estimate of drug-likeness (QED) is 0.818. The van der Waals surface area contributed by atoms with Gasteiger partial charge in [-0.1, -0.05) is 6.92 Å². The summed E-state index contributed by atoms with van der Waals surface area (Å²) < 4.78 is 5.23. The maximum Gasteiger partial charge on any atom is 0.341 e. The van der Waals surface area contributed by atoms with Crippen molar-refractivity contribution in [3.63, 3.8) is 0 Å². The first-order chi connectivity index (χ1) is 8.10. The predicted octanol–water partition coefficient (Wildman–Crippen LogP) is 2.14. The average Bonchev–Trinajstić information content (AvgIpc) is 2.30. The maximum absolute atomic E-state index is 11.7. The number of nitrogens with one attached hydrogen (secondary N) is 2. The van der Waals surface area contributed by atoms with E-state index < -0.39 is 5.97 Å². The van der Waals surface area contributed by atoms with E-state index >= 15 is 0 Å². The Kier molecular flexibility index (Phi) is 5.21. The van der Waals surface area contributed by atoms with E-state index in [1.54, 1.807) is 6.92 Å². The molecule has 6 heteroatoms. The van der Waals surface area contributed by atoms with Gasteiger partial charge in [-0.25, -0.2) is 4.79 Å². The summed E-state index contributed by atoms with van der Waals surface area (Å²) in [5.74, 6) is -0.0541. The fraction of sp³-hybridized carbons (Fsp3) is 0.455. The minimum Gasteiger partial charge on any atom is -0.462 e. The summed E-state index contributed by atoms with van der Waals surface area (Å²) in [7, 11) is 0. The van der Waals surface area contributed by atoms with Crippen LogP contribution in [-0.4, -0.2) is 24.1 Å². The van der Waals surface area contributed by atoms with Crippen molar-refractivity contribution in [1.29, 1.82) is 0 Å². The Morgan fingerprint density at radius 3 is 2.82 bits per heavy atom. The van der Waals surface area contributed by atoms with Gasteiger partial charge in [0.25, 0.3) is 5.56 Å². The Bertz CT molecular complexity index is 457. The van der Waals surface area contributed by atoms with Crippen LogP contribution >= 0.6 is 15.9 Å². The Morgan fingerprint density at radius 1 is 1.53 bits per heavy atom. The van der Waals surface area contributed by atoms with E-state index in [0.717, 1.165) is 6.42 Å². The largest absolute Gasteiger partial charge is 0.462 e. The number of hydrogen-bond acceptors (Lipinski definition) is 4. The number of ether oxygens (including phenoxy) is 1. The Balaban J connectivity index is 3.11. The Morgan fingerprint density at radius 2 is 2.24 bits per heavy atom. The summed E-state index contributed by atoms with van der Waals surface area (Å²) in [6.45, 7) is 4.69. The first-order valence-electron chi connectivity index (χ1n) is 5.44. The first kappa shape index (κ1) is 13.8. The van der Waals surface area contributed by atoms with Crippen LogP contribution in [0.1, 0.15) is 30.6 Å². The van der Waals surface area contributed by atoms with Crippen LogP contribution in [0, 0.1) is 0 Å². The normalized spacial score (nSPS) is 10.1. The van der Waals surface area contributed by atoms with Gasteiger partial charge in [-0.15, -0.1) is 0 Å². The Labute approximate surface area is 108 Å². The van der Waals surface area contributed by atoms with Gasteiger partial charge in [0.2, 0.25) is 0 Å². The molecule has 0 spiro atoms. The Hall–Kier alpha value is -1.30. The highest BCUT2D eigenvalue weighted by molar-refractivity contribution is 9.10. The highest BCUT2D eigenvalue weighted by Crippen LogP contribution is 2.16. The molecule has 94 valence electrons. The molecular weight excluding hydrogens is 288 g/mol. The molecule has 1 aromatic rings. The van der Waals surface area contributed by atoms with Gasteiger partial charge in [-0.05, 0) is 35.3 Å². The highest BCUT2D eigenvalue weighted by atomic mass is 79.9. The third-order valence-corrected chi connectivity index (χ3v) is 2.63. The third kappa shape index (κ3) is 3.59. The van der Waals surface area contributed by atoms with E-state index in [2.05, 4.69) is 26.2 Å². The number of pyridine rings is 1. The van der Waals surface area contributed by atoms with E-state index in [-0.39, 0.29) is 5.56 Å². The van der Waals surface area contributed by atoms with Crippen LogP contribution in [-0.2, 0) is 4.74 Å². The topological polar surface area (TPSA) is 71.2 Å². The van der Waals surface area contributed by atoms with E-state index in [4.69, 9.17) is 4.74 Å². The number of anilines is 1. The molecule has 0 unspecified atom stereocenters. The zero-order valence-electron chi connectivity index (χ0n) is 9.80. The molecule has 0 fully saturated rings. The van der Waals surface area contributed by atoms with Crippen molar-refractivity contribution >= 4 is 27.7 Å². The van der Waals surface area contributed by atoms with E-state index in [1.165, 1.54) is 6.07 Å². The van der Waals surface area contributed by atoms with E-state index in [9.17, 15) is 9.59 Å². The van der Waals surface area contributed by atoms with Crippen molar-refractivity contribution in [2.75, 3.05) is 18.5 Å². The average molecular weight is 303 g/mol. The lowest BCUT2D eigenvalue weighted by molar-refractivity contribution is 0.0527. The van der Waals surface area contributed by atoms with Crippen molar-refractivity contribution in [3.8, 4) is 0 Å². The predicted molar refractivity (Wildman–Crippen MR) is 69.5 cm³/mol. The summed E-state index contributed by atoms with van der Waals surface area (Å²) in [5.41, 5.74) is 0.0448. The van der Waals surface area contributed by atoms with Crippen molar-refractivity contribution in [2.45, 2.75) is 20.3 Å². The second-order valence-electron chi connectivity index (χ2n) is 3.38. The van der Waals surface area contributed by atoms with Gasteiger partial charge in [-0.3, -0.25) is 4.79 Å². The monoisotopic (exact) mass is 302 g/mol. The summed E-state index contributed by atoms with van der Waals surface area (Å²) in [4.78, 5) is 25.7. The van der Waals surface area contributed by atoms with E-state index in [1.807, 2.05) is 6.92 Å². The number of H-pyrrole nitrogens is 1. The smallest absolute Gasteiger partial charge is 0.341 e. The second-order valence-corrected chi connectivity index (χ2v) is 4.24. The van der Waals surface area contributed by atoms with E-state index in [0.29, 0.717) is 29.0 Å². The molecule has 0 aliphatic carbocycles. The first-order valence-corrected chi connectivity index (χ1v) is 6.23. The summed E-state index contributed by atoms with van der Waals surface area (Å²) in [5, 5.41) is 2.99. The lowest BCUT2D eigenvalue weighted by atomic mass is 10.2. The third-order valence-electron chi connectivity index (χ3n) is 2.04. The zero-order valence-corrected chi connectivity index (χ0v) is 11.4. The molecule has 0 saturated carbocycles. The number of esters is 1. The number of hydrogen-bond donors (Lipinski definition) is 2. The molecule has 0 aliphatic rings. The molecule has 0 bridgehead atoms. The molecule has 17 heavy (non-hydrogen) atoms. The van der Waals surface area contributed by atoms with Gasteiger partial charge in [0.15, 0.2) is 0 Å². The van der Waals surface area contributed by atoms with Crippen molar-refractivity contribution in [3.05, 3.63) is 26.5 Å². The van der Waals surface area contributed by atoms with Crippen LogP contribution < -0.4 is 10.9 Å². The van der Waals surface area contributed by atoms with Crippen molar-refractivity contribution in [2.24, 2.45) is 0 Å². The molecular formula is C11H15BrN2O3. The summed E-state index contributed by atoms with van der Waals surface area (Å²) in [6.07, 6.45) is 0.889. The molecule has 0 radical (unpaired) electrons. The lowest BCUT2D eigenvalue weighted by Crippen LogP contribution is -2.18. The van der Waals surface area contributed by atoms with Crippen LogP contribution in [0.15, 0.2) is 15.3 Å². The fourth-order valence-electron chi connectivity index (χ4n) is 1.26. The van der Waals surface area contributed by atoms with Crippen LogP contribution in [0.25, 0.3) is 0 Å². The van der Waals surface area contributed by atoms with Crippen LogP contribution in [0.4, 0.5) is 5.82 Å². The molecule has 0 aliphatic heterocycles. The van der Waals surface area contributed by atoms with Crippen LogP contribution in [0.2, 0.25) is 0 Å². The number of aromatic nitrogens is 1. The van der Waals surface area contributed by atoms with Gasteiger partial charge in [0.05, 0.1) is 11.1 Å². The summed E-state index contributed by atoms with van der Waals surface area (Å²) >= 11 is 3.09. The molecule has 1 heterocycles. The minimum absolute atomic E-state index is 0.281. The minimum atomic E-state index is -0.456. The standard InChI is InChI=1S/C11H15BrN2O3/c1-3-5-13-9-7(11(16)17-4-2)6-8(12)10(15)14-9/h6H,3-5H2,1-2H3,(H2,13,14,15). The zero-order chi connectivity index (χ0) is 12.8. The maximum atomic E-state index is 11.7. The number of aromatic amines is 1. The number of halogens is 1. The number of carbonyl (C=O) groups is 1. The van der Waals surface area contributed by atoms with Gasteiger partial charge < -0.3 is 15.0 Å². The molecule has 2 N–H and O–H groups in total. The van der Waals surface area contributed by atoms with Gasteiger partial charge in [0, 0.05) is 6.54 Å². The number of rotatable bonds is 5. The molecule has 5 nitrogen and oxygen atoms in total. The molecule has 0 aromatic carbocycles. The molecule has 0 atom stereocenters. The van der Waals surface area contributed by atoms with Gasteiger partial charge in [0.1, 0.15) is 11.4 Å². The van der Waals surface area contributed by atoms with Gasteiger partial charge >= 0.3 is 5.97 Å². The van der Waals surface area contributed by atoms with Crippen molar-refractivity contribution < 1.29 is 9.53 Å². The van der Waals surface area contributed by atoms with Crippen LogP contribution in [0.5, 0.6) is 0 Å². The molecule has 1 aromatic heterocycles. The SMILES string of the molecule is CCCNc1[nH]c(=O)c(Br)cc1C(=O)OCC. The molecule has 1 rings (SSSR count). The lowest BCUT2D eigenvalue weighted by Gasteiger charge is -2.10.